The first-order chi connectivity index (χ1) is 11.1. The van der Waals surface area contributed by atoms with E-state index >= 15 is 0 Å². The lowest BCUT2D eigenvalue weighted by Gasteiger charge is -2.38. The topological polar surface area (TPSA) is 55.8 Å². The van der Waals surface area contributed by atoms with Crippen LogP contribution < -0.4 is 0 Å². The normalized spacial score (nSPS) is 21.7. The molecule has 0 aromatic rings. The van der Waals surface area contributed by atoms with Crippen LogP contribution in [-0.4, -0.2) is 38.7 Å². The van der Waals surface area contributed by atoms with Crippen molar-refractivity contribution in [3.8, 4) is 0 Å². The Kier molecular flexibility index (Phi) is 8.16. The molecule has 0 radical (unpaired) electrons. The van der Waals surface area contributed by atoms with Crippen LogP contribution in [-0.2, 0) is 14.0 Å². The van der Waals surface area contributed by atoms with Crippen LogP contribution in [0.5, 0.6) is 0 Å². The van der Waals surface area contributed by atoms with Crippen LogP contribution in [0.25, 0.3) is 0 Å². The standard InChI is InChI=1S/C19H36O4Si/c1-19(2,3)24(5,6)23-16-13-15(17(20)14-16)11-9-7-8-10-12-18(21)22-4/h13,16-17,20H,7-12,14H2,1-6H3/t16-,17+/m1/s1. The third kappa shape index (κ3) is 6.69. The zero-order valence-electron chi connectivity index (χ0n) is 16.4. The monoisotopic (exact) mass is 356 g/mol. The van der Waals surface area contributed by atoms with Crippen LogP contribution in [0, 0.1) is 0 Å². The summed E-state index contributed by atoms with van der Waals surface area (Å²) < 4.78 is 11.0. The van der Waals surface area contributed by atoms with Gasteiger partial charge in [0.15, 0.2) is 8.32 Å². The van der Waals surface area contributed by atoms with E-state index in [0.717, 1.165) is 37.7 Å². The van der Waals surface area contributed by atoms with Gasteiger partial charge in [-0.3, -0.25) is 4.79 Å². The SMILES string of the molecule is COC(=O)CCCCCCC1=C[C@@H](O[Si](C)(C)C(C)(C)C)C[C@@H]1O. The van der Waals surface area contributed by atoms with Crippen LogP contribution in [0.2, 0.25) is 18.1 Å². The van der Waals surface area contributed by atoms with Gasteiger partial charge in [0.1, 0.15) is 0 Å². The van der Waals surface area contributed by atoms with E-state index in [4.69, 9.17) is 4.43 Å². The first kappa shape index (κ1) is 21.4. The summed E-state index contributed by atoms with van der Waals surface area (Å²) in [4.78, 5) is 11.0. The minimum Gasteiger partial charge on any atom is -0.469 e. The molecule has 0 heterocycles. The third-order valence-electron chi connectivity index (χ3n) is 5.36. The summed E-state index contributed by atoms with van der Waals surface area (Å²) in [6, 6.07) is 0. The molecular weight excluding hydrogens is 320 g/mol. The van der Waals surface area contributed by atoms with Crippen molar-refractivity contribution in [2.75, 3.05) is 7.11 Å². The van der Waals surface area contributed by atoms with Crippen LogP contribution in [0.15, 0.2) is 11.6 Å². The van der Waals surface area contributed by atoms with E-state index in [9.17, 15) is 9.90 Å². The molecule has 1 aliphatic carbocycles. The van der Waals surface area contributed by atoms with Gasteiger partial charge in [-0.05, 0) is 43.0 Å². The zero-order valence-corrected chi connectivity index (χ0v) is 17.4. The number of ether oxygens (including phenoxy) is 1. The van der Waals surface area contributed by atoms with E-state index in [1.54, 1.807) is 0 Å². The minimum atomic E-state index is -1.79. The summed E-state index contributed by atoms with van der Waals surface area (Å²) in [5, 5.41) is 10.5. The molecule has 1 N–H and O–H groups in total. The fourth-order valence-corrected chi connectivity index (χ4v) is 4.01. The summed E-state index contributed by atoms with van der Waals surface area (Å²) in [6.45, 7) is 11.2. The highest BCUT2D eigenvalue weighted by molar-refractivity contribution is 6.74. The van der Waals surface area contributed by atoms with Gasteiger partial charge in [-0.15, -0.1) is 0 Å². The average Bonchev–Trinajstić information content (AvgIpc) is 2.80. The number of carbonyl (C=O) groups is 1. The van der Waals surface area contributed by atoms with Crippen molar-refractivity contribution in [3.63, 3.8) is 0 Å². The fourth-order valence-electron chi connectivity index (χ4n) is 2.73. The average molecular weight is 357 g/mol. The van der Waals surface area contributed by atoms with Crippen molar-refractivity contribution >= 4 is 14.3 Å². The highest BCUT2D eigenvalue weighted by Crippen LogP contribution is 2.39. The Balaban J connectivity index is 2.34. The van der Waals surface area contributed by atoms with Gasteiger partial charge in [0.25, 0.3) is 0 Å². The number of aliphatic hydroxyl groups is 1. The maximum atomic E-state index is 11.0. The Labute approximate surface area is 148 Å². The van der Waals surface area contributed by atoms with Crippen molar-refractivity contribution in [1.82, 2.24) is 0 Å². The van der Waals surface area contributed by atoms with E-state index < -0.39 is 8.32 Å². The molecule has 1 rings (SSSR count). The summed E-state index contributed by atoms with van der Waals surface area (Å²) in [5.41, 5.74) is 1.13. The number of esters is 1. The Morgan fingerprint density at radius 2 is 1.88 bits per heavy atom. The first-order valence-corrected chi connectivity index (χ1v) is 12.1. The molecular formula is C19H36O4Si. The number of rotatable bonds is 9. The number of hydrogen-bond donors (Lipinski definition) is 1. The molecule has 0 saturated heterocycles. The van der Waals surface area contributed by atoms with Gasteiger partial charge >= 0.3 is 5.97 Å². The number of carbonyl (C=O) groups excluding carboxylic acids is 1. The van der Waals surface area contributed by atoms with Crippen molar-refractivity contribution in [2.24, 2.45) is 0 Å². The van der Waals surface area contributed by atoms with Crippen molar-refractivity contribution in [2.45, 2.75) is 96.1 Å². The number of hydrogen-bond acceptors (Lipinski definition) is 4. The van der Waals surface area contributed by atoms with Crippen LogP contribution in [0.4, 0.5) is 0 Å². The summed E-state index contributed by atoms with van der Waals surface area (Å²) >= 11 is 0. The van der Waals surface area contributed by atoms with E-state index in [0.29, 0.717) is 12.8 Å². The maximum absolute atomic E-state index is 11.0. The second-order valence-electron chi connectivity index (χ2n) is 8.40. The van der Waals surface area contributed by atoms with Gasteiger partial charge in [0, 0.05) is 12.8 Å². The molecule has 0 aromatic heterocycles. The molecule has 2 atom stereocenters. The summed E-state index contributed by atoms with van der Waals surface area (Å²) in [5.74, 6) is -0.130. The van der Waals surface area contributed by atoms with Gasteiger partial charge in [-0.25, -0.2) is 0 Å². The van der Waals surface area contributed by atoms with Gasteiger partial charge < -0.3 is 14.3 Å². The second-order valence-corrected chi connectivity index (χ2v) is 13.2. The maximum Gasteiger partial charge on any atom is 0.305 e. The lowest BCUT2D eigenvalue weighted by atomic mass is 10.0. The second kappa shape index (κ2) is 9.16. The molecule has 0 spiro atoms. The van der Waals surface area contributed by atoms with Crippen LogP contribution >= 0.6 is 0 Å². The molecule has 0 saturated carbocycles. The molecule has 0 unspecified atom stereocenters. The van der Waals surface area contributed by atoms with Gasteiger partial charge in [0.2, 0.25) is 0 Å². The number of unbranched alkanes of at least 4 members (excludes halogenated alkanes) is 3. The largest absolute Gasteiger partial charge is 0.469 e. The van der Waals surface area contributed by atoms with Crippen molar-refractivity contribution in [3.05, 3.63) is 11.6 Å². The Bertz CT molecular complexity index is 437. The fraction of sp³-hybridized carbons (Fsp3) is 0.842. The third-order valence-corrected chi connectivity index (χ3v) is 9.86. The Hall–Kier alpha value is -0.653. The molecule has 24 heavy (non-hydrogen) atoms. The summed E-state index contributed by atoms with van der Waals surface area (Å²) in [7, 11) is -0.363. The molecule has 4 nitrogen and oxygen atoms in total. The predicted octanol–water partition coefficient (Wildman–Crippen LogP) is 4.58. The lowest BCUT2D eigenvalue weighted by molar-refractivity contribution is -0.140. The van der Waals surface area contributed by atoms with Crippen LogP contribution in [0.3, 0.4) is 0 Å². The zero-order chi connectivity index (χ0) is 18.4. The molecule has 0 fully saturated rings. The van der Waals surface area contributed by atoms with Gasteiger partial charge in [-0.2, -0.15) is 0 Å². The molecule has 0 amide bonds. The highest BCUT2D eigenvalue weighted by Gasteiger charge is 2.40. The van der Waals surface area contributed by atoms with E-state index in [2.05, 4.69) is 44.7 Å². The van der Waals surface area contributed by atoms with E-state index in [1.807, 2.05) is 0 Å². The Morgan fingerprint density at radius 1 is 1.25 bits per heavy atom. The van der Waals surface area contributed by atoms with Crippen molar-refractivity contribution < 1.29 is 19.1 Å². The quantitative estimate of drug-likeness (QED) is 0.284. The van der Waals surface area contributed by atoms with Gasteiger partial charge in [0.05, 0.1) is 19.3 Å². The van der Waals surface area contributed by atoms with Crippen LogP contribution in [0.1, 0.15) is 65.7 Å². The summed E-state index contributed by atoms with van der Waals surface area (Å²) in [6.07, 6.45) is 8.04. The highest BCUT2D eigenvalue weighted by atomic mass is 28.4. The smallest absolute Gasteiger partial charge is 0.305 e. The molecule has 0 aromatic carbocycles. The Morgan fingerprint density at radius 3 is 2.46 bits per heavy atom. The molecule has 0 bridgehead atoms. The predicted molar refractivity (Wildman–Crippen MR) is 100 cm³/mol. The lowest BCUT2D eigenvalue weighted by Crippen LogP contribution is -2.43. The minimum absolute atomic E-state index is 0.0650. The van der Waals surface area contributed by atoms with E-state index in [1.165, 1.54) is 7.11 Å². The van der Waals surface area contributed by atoms with Crippen molar-refractivity contribution in [1.29, 1.82) is 0 Å². The molecule has 1 aliphatic rings. The first-order valence-electron chi connectivity index (χ1n) is 9.20. The number of aliphatic hydroxyl groups excluding tert-OH is 1. The molecule has 140 valence electrons. The molecule has 5 heteroatoms. The molecule has 0 aliphatic heterocycles. The van der Waals surface area contributed by atoms with E-state index in [-0.39, 0.29) is 23.2 Å². The van der Waals surface area contributed by atoms with Gasteiger partial charge in [-0.1, -0.05) is 39.7 Å². The number of methoxy groups -OCH3 is 1.